The van der Waals surface area contributed by atoms with Gasteiger partial charge in [-0.3, -0.25) is 0 Å². The van der Waals surface area contributed by atoms with Crippen LogP contribution in [0.25, 0.3) is 0 Å². The average Bonchev–Trinajstić information content (AvgIpc) is 3.33. The number of allylic oxidation sites excluding steroid dienone is 1. The van der Waals surface area contributed by atoms with Crippen molar-refractivity contribution in [3.8, 4) is 0 Å². The minimum Gasteiger partial charge on any atom is -0.403 e. The van der Waals surface area contributed by atoms with Gasteiger partial charge in [0.15, 0.2) is 0 Å². The van der Waals surface area contributed by atoms with E-state index in [0.29, 0.717) is 24.4 Å². The van der Waals surface area contributed by atoms with Crippen LogP contribution in [-0.4, -0.2) is 37.3 Å². The molecular weight excluding hydrogens is 520 g/mol. The molecule has 3 fully saturated rings. The van der Waals surface area contributed by atoms with E-state index in [1.165, 1.54) is 21.1 Å². The highest BCUT2D eigenvalue weighted by molar-refractivity contribution is 7.07. The van der Waals surface area contributed by atoms with E-state index in [2.05, 4.69) is 104 Å². The van der Waals surface area contributed by atoms with Gasteiger partial charge in [-0.05, 0) is 90.1 Å². The molecule has 0 aromatic heterocycles. The average molecular weight is 565 g/mol. The Morgan fingerprint density at radius 1 is 0.732 bits per heavy atom. The Kier molecular flexibility index (Phi) is 7.10. The van der Waals surface area contributed by atoms with E-state index in [0.717, 1.165) is 51.4 Å². The maximum atomic E-state index is 11.0. The van der Waals surface area contributed by atoms with Crippen molar-refractivity contribution >= 4 is 23.9 Å². The monoisotopic (exact) mass is 564 g/mol. The summed E-state index contributed by atoms with van der Waals surface area (Å²) in [4.78, 5) is 0. The van der Waals surface area contributed by atoms with Crippen LogP contribution in [-0.2, 0) is 4.43 Å². The number of benzene rings is 3. The smallest absolute Gasteiger partial charge is 0.288 e. The number of hydrogen-bond donors (Lipinski definition) is 2. The normalized spacial score (nSPS) is 34.7. The minimum absolute atomic E-state index is 0.0410. The fraction of sp³-hybridized carbons (Fsp3) is 0.459. The molecule has 0 radical (unpaired) electrons. The fourth-order valence-corrected chi connectivity index (χ4v) is 13.6. The van der Waals surface area contributed by atoms with Crippen molar-refractivity contribution in [3.05, 3.63) is 103 Å². The first-order chi connectivity index (χ1) is 20.0. The third-order valence-corrected chi connectivity index (χ3v) is 15.9. The lowest BCUT2D eigenvalue weighted by atomic mass is 9.47. The number of hydrogen-bond acceptors (Lipinski definition) is 3. The third kappa shape index (κ3) is 4.33. The van der Waals surface area contributed by atoms with Crippen molar-refractivity contribution in [2.75, 3.05) is 6.61 Å². The first-order valence-electron chi connectivity index (χ1n) is 15.8. The van der Waals surface area contributed by atoms with Gasteiger partial charge in [0, 0.05) is 12.0 Å². The maximum Gasteiger partial charge on any atom is 0.288 e. The van der Waals surface area contributed by atoms with E-state index in [4.69, 9.17) is 4.43 Å². The first-order valence-corrected chi connectivity index (χ1v) is 17.7. The zero-order chi connectivity index (χ0) is 28.1. The van der Waals surface area contributed by atoms with Gasteiger partial charge in [0.2, 0.25) is 0 Å². The number of aliphatic hydroxyl groups excluding tert-OH is 2. The lowest BCUT2D eigenvalue weighted by Crippen LogP contribution is -2.70. The molecule has 4 aliphatic rings. The highest BCUT2D eigenvalue weighted by atomic mass is 28.4. The van der Waals surface area contributed by atoms with Crippen molar-refractivity contribution in [1.29, 1.82) is 0 Å². The maximum absolute atomic E-state index is 11.0. The van der Waals surface area contributed by atoms with Crippen LogP contribution in [0, 0.1) is 28.6 Å². The number of rotatable bonds is 6. The Labute approximate surface area is 246 Å². The Morgan fingerprint density at radius 2 is 1.32 bits per heavy atom. The van der Waals surface area contributed by atoms with Crippen LogP contribution in [0.1, 0.15) is 58.3 Å². The van der Waals surface area contributed by atoms with Crippen LogP contribution in [0.4, 0.5) is 0 Å². The summed E-state index contributed by atoms with van der Waals surface area (Å²) in [6.45, 7) is 3.04. The van der Waals surface area contributed by atoms with Gasteiger partial charge in [0.25, 0.3) is 8.32 Å². The lowest BCUT2D eigenvalue weighted by Gasteiger charge is -2.59. The summed E-state index contributed by atoms with van der Waals surface area (Å²) in [6, 6.07) is 32.8. The predicted octanol–water partition coefficient (Wildman–Crippen LogP) is 5.33. The summed E-state index contributed by atoms with van der Waals surface area (Å²) in [6.07, 6.45) is 10.1. The second kappa shape index (κ2) is 10.6. The van der Waals surface area contributed by atoms with Crippen LogP contribution in [0.15, 0.2) is 103 Å². The molecule has 3 saturated carbocycles. The third-order valence-electron chi connectivity index (χ3n) is 11.8. The van der Waals surface area contributed by atoms with Crippen molar-refractivity contribution in [2.24, 2.45) is 28.6 Å². The van der Waals surface area contributed by atoms with E-state index in [9.17, 15) is 10.2 Å². The van der Waals surface area contributed by atoms with E-state index in [1.54, 1.807) is 0 Å². The molecule has 0 heterocycles. The molecule has 41 heavy (non-hydrogen) atoms. The van der Waals surface area contributed by atoms with Crippen molar-refractivity contribution in [2.45, 2.75) is 70.5 Å². The molecule has 2 unspecified atom stereocenters. The van der Waals surface area contributed by atoms with Crippen LogP contribution in [0.3, 0.4) is 0 Å². The van der Waals surface area contributed by atoms with E-state index in [-0.39, 0.29) is 23.0 Å². The second-order valence-electron chi connectivity index (χ2n) is 13.6. The van der Waals surface area contributed by atoms with Gasteiger partial charge in [-0.1, -0.05) is 110 Å². The van der Waals surface area contributed by atoms with Gasteiger partial charge in [-0.25, -0.2) is 0 Å². The zero-order valence-electron chi connectivity index (χ0n) is 24.3. The van der Waals surface area contributed by atoms with Gasteiger partial charge < -0.3 is 14.6 Å². The van der Waals surface area contributed by atoms with Crippen molar-refractivity contribution in [3.63, 3.8) is 0 Å². The first kappa shape index (κ1) is 27.3. The van der Waals surface area contributed by atoms with Gasteiger partial charge in [-0.15, -0.1) is 0 Å². The fourth-order valence-electron chi connectivity index (χ4n) is 9.68. The van der Waals surface area contributed by atoms with Gasteiger partial charge in [0.1, 0.15) is 0 Å². The van der Waals surface area contributed by atoms with Crippen LogP contribution >= 0.6 is 0 Å². The molecule has 214 valence electrons. The molecule has 3 aromatic carbocycles. The Balaban J connectivity index is 1.34. The summed E-state index contributed by atoms with van der Waals surface area (Å²) in [5.74, 6) is 1.68. The van der Waals surface area contributed by atoms with Gasteiger partial charge in [-0.2, -0.15) is 0 Å². The Morgan fingerprint density at radius 3 is 1.90 bits per heavy atom. The molecule has 3 nitrogen and oxygen atoms in total. The summed E-state index contributed by atoms with van der Waals surface area (Å²) < 4.78 is 7.70. The summed E-state index contributed by atoms with van der Waals surface area (Å²) in [7, 11) is -2.84. The molecule has 7 atom stereocenters. The van der Waals surface area contributed by atoms with E-state index < -0.39 is 8.32 Å². The molecule has 3 aromatic rings. The Bertz CT molecular complexity index is 1280. The molecule has 0 amide bonds. The lowest BCUT2D eigenvalue weighted by molar-refractivity contribution is -0.0865. The second-order valence-corrected chi connectivity index (χ2v) is 17.0. The number of aliphatic hydroxyl groups is 2. The molecule has 7 rings (SSSR count). The standard InChI is InChI=1S/C37H44O3Si/c1-36-23-22-34-32(33(36)19-20-35(36)39)18-17-27-25-28(38)21-24-37(27,34)26-40-41(29-11-5-2-6-12-29,30-13-7-3-8-14-30)31-15-9-4-10-16-31/h2-17,28,32-35,38-39H,18-26H2,1H3/t28?,32-,33-,34+,35?,36-,37+/m0/s1. The van der Waals surface area contributed by atoms with Crippen LogP contribution < -0.4 is 15.6 Å². The van der Waals surface area contributed by atoms with Gasteiger partial charge >= 0.3 is 0 Å². The highest BCUT2D eigenvalue weighted by Crippen LogP contribution is 2.65. The zero-order valence-corrected chi connectivity index (χ0v) is 25.3. The minimum atomic E-state index is -2.84. The molecule has 4 heteroatoms. The van der Waals surface area contributed by atoms with Gasteiger partial charge in [0.05, 0.1) is 12.2 Å². The molecule has 0 spiro atoms. The van der Waals surface area contributed by atoms with E-state index >= 15 is 0 Å². The highest BCUT2D eigenvalue weighted by Gasteiger charge is 2.60. The molecule has 0 aliphatic heterocycles. The predicted molar refractivity (Wildman–Crippen MR) is 168 cm³/mol. The summed E-state index contributed by atoms with van der Waals surface area (Å²) >= 11 is 0. The molecule has 4 aliphatic carbocycles. The SMILES string of the molecule is C[C@]12CC[C@@H]3[C@@H](CC=C4CC(O)CC[C@@]43CO[Si](c3ccccc3)(c3ccccc3)c3ccccc3)[C@@H]1CCC2O. The quantitative estimate of drug-likeness (QED) is 0.242. The molecule has 2 N–H and O–H groups in total. The van der Waals surface area contributed by atoms with Crippen molar-refractivity contribution < 1.29 is 14.6 Å². The largest absolute Gasteiger partial charge is 0.403 e. The topological polar surface area (TPSA) is 49.7 Å². The summed E-state index contributed by atoms with van der Waals surface area (Å²) in [5.41, 5.74) is 1.42. The Hall–Kier alpha value is -2.50. The summed E-state index contributed by atoms with van der Waals surface area (Å²) in [5, 5.41) is 25.7. The van der Waals surface area contributed by atoms with Crippen LogP contribution in [0.5, 0.6) is 0 Å². The molecular formula is C37H44O3Si. The van der Waals surface area contributed by atoms with E-state index in [1.807, 2.05) is 0 Å². The van der Waals surface area contributed by atoms with Crippen LogP contribution in [0.2, 0.25) is 0 Å². The molecule has 0 bridgehead atoms. The molecule has 0 saturated heterocycles. The van der Waals surface area contributed by atoms with Crippen molar-refractivity contribution in [1.82, 2.24) is 0 Å². The number of fused-ring (bicyclic) bond motifs is 5.